The predicted octanol–water partition coefficient (Wildman–Crippen LogP) is -1.31. The van der Waals surface area contributed by atoms with Crippen molar-refractivity contribution in [3.8, 4) is 6.07 Å². The van der Waals surface area contributed by atoms with Gasteiger partial charge in [-0.05, 0) is 6.42 Å². The Bertz CT molecular complexity index is 397. The van der Waals surface area contributed by atoms with Gasteiger partial charge < -0.3 is 5.73 Å². The van der Waals surface area contributed by atoms with Crippen molar-refractivity contribution in [3.05, 3.63) is 0 Å². The minimum atomic E-state index is -3.58. The van der Waals surface area contributed by atoms with Crippen LogP contribution in [0.15, 0.2) is 0 Å². The highest BCUT2D eigenvalue weighted by Crippen LogP contribution is 2.49. The normalized spacial score (nSPS) is 30.7. The van der Waals surface area contributed by atoms with Crippen LogP contribution in [0.25, 0.3) is 0 Å². The molecule has 7 heteroatoms. The Morgan fingerprint density at radius 3 is 2.64 bits per heavy atom. The average molecular weight is 217 g/mol. The number of hydrogen-bond acceptors (Lipinski definition) is 4. The number of sulfonamides is 1. The summed E-state index contributed by atoms with van der Waals surface area (Å²) in [5.41, 5.74) is 3.46. The molecule has 1 aliphatic carbocycles. The molecule has 0 aromatic rings. The van der Waals surface area contributed by atoms with Crippen LogP contribution >= 0.6 is 0 Å². The Labute approximate surface area is 82.1 Å². The van der Waals surface area contributed by atoms with Gasteiger partial charge in [-0.2, -0.15) is 5.26 Å². The second-order valence-electron chi connectivity index (χ2n) is 3.18. The van der Waals surface area contributed by atoms with Crippen LogP contribution in [0, 0.1) is 16.7 Å². The zero-order valence-electron chi connectivity index (χ0n) is 7.65. The number of nitrogens with zero attached hydrogens (tertiary/aromatic N) is 1. The second-order valence-corrected chi connectivity index (χ2v) is 5.13. The van der Waals surface area contributed by atoms with Gasteiger partial charge in [0.25, 0.3) is 0 Å². The molecule has 0 unspecified atom stereocenters. The summed E-state index contributed by atoms with van der Waals surface area (Å²) in [5.74, 6) is -0.869. The number of carbonyl (C=O) groups is 1. The first-order chi connectivity index (χ1) is 6.40. The van der Waals surface area contributed by atoms with E-state index in [9.17, 15) is 13.2 Å². The first kappa shape index (κ1) is 10.9. The van der Waals surface area contributed by atoms with Crippen LogP contribution in [0.5, 0.6) is 0 Å². The molecule has 0 aromatic carbocycles. The number of amides is 1. The molecule has 0 radical (unpaired) electrons. The van der Waals surface area contributed by atoms with Crippen LogP contribution in [0.4, 0.5) is 0 Å². The molecule has 1 aliphatic rings. The predicted molar refractivity (Wildman–Crippen MR) is 48.2 cm³/mol. The number of nitrogens with two attached hydrogens (primary N) is 1. The van der Waals surface area contributed by atoms with Crippen LogP contribution in [0.3, 0.4) is 0 Å². The zero-order valence-corrected chi connectivity index (χ0v) is 8.47. The third-order valence-corrected chi connectivity index (χ3v) is 4.27. The summed E-state index contributed by atoms with van der Waals surface area (Å²) in [6.45, 7) is 1.86. The lowest BCUT2D eigenvalue weighted by atomic mass is 10.1. The monoisotopic (exact) mass is 217 g/mol. The van der Waals surface area contributed by atoms with E-state index >= 15 is 0 Å². The van der Waals surface area contributed by atoms with E-state index in [1.54, 1.807) is 13.0 Å². The van der Waals surface area contributed by atoms with Gasteiger partial charge in [0, 0.05) is 6.54 Å². The summed E-state index contributed by atoms with van der Waals surface area (Å²) < 4.78 is 25.0. The summed E-state index contributed by atoms with van der Waals surface area (Å²) in [5, 5.41) is 7.70. The third kappa shape index (κ3) is 1.47. The minimum absolute atomic E-state index is 0.00579. The van der Waals surface area contributed by atoms with Crippen molar-refractivity contribution >= 4 is 15.9 Å². The van der Waals surface area contributed by atoms with Gasteiger partial charge in [-0.1, -0.05) is 6.92 Å². The van der Waals surface area contributed by atoms with E-state index in [4.69, 9.17) is 11.0 Å². The van der Waals surface area contributed by atoms with Gasteiger partial charge in [-0.3, -0.25) is 4.79 Å². The van der Waals surface area contributed by atoms with Crippen molar-refractivity contribution in [2.75, 3.05) is 6.54 Å². The fourth-order valence-corrected chi connectivity index (χ4v) is 3.13. The smallest absolute Gasteiger partial charge is 0.239 e. The SMILES string of the molecule is CCNS(=O)(=O)[C@@H]1C[C@@]1(C#N)C(N)=O. The van der Waals surface area contributed by atoms with Crippen LogP contribution in [0.2, 0.25) is 0 Å². The quantitative estimate of drug-likeness (QED) is 0.608. The van der Waals surface area contributed by atoms with Crippen molar-refractivity contribution in [1.82, 2.24) is 4.72 Å². The Kier molecular flexibility index (Phi) is 2.52. The number of rotatable bonds is 4. The fourth-order valence-electron chi connectivity index (χ4n) is 1.34. The van der Waals surface area contributed by atoms with Crippen molar-refractivity contribution in [2.45, 2.75) is 18.6 Å². The third-order valence-electron chi connectivity index (χ3n) is 2.26. The summed E-state index contributed by atoms with van der Waals surface area (Å²) in [6, 6.07) is 1.67. The molecular weight excluding hydrogens is 206 g/mol. The van der Waals surface area contributed by atoms with Crippen LogP contribution in [-0.4, -0.2) is 26.1 Å². The Hall–Kier alpha value is -1.13. The molecular formula is C7H11N3O3S. The van der Waals surface area contributed by atoms with E-state index in [-0.39, 0.29) is 13.0 Å². The highest BCUT2D eigenvalue weighted by Gasteiger charge is 2.66. The van der Waals surface area contributed by atoms with Crippen molar-refractivity contribution in [3.63, 3.8) is 0 Å². The van der Waals surface area contributed by atoms with Gasteiger partial charge in [-0.25, -0.2) is 13.1 Å². The largest absolute Gasteiger partial charge is 0.368 e. The van der Waals surface area contributed by atoms with Crippen molar-refractivity contribution in [2.24, 2.45) is 11.1 Å². The lowest BCUT2D eigenvalue weighted by Crippen LogP contribution is -2.34. The second kappa shape index (κ2) is 3.22. The van der Waals surface area contributed by atoms with Crippen molar-refractivity contribution < 1.29 is 13.2 Å². The molecule has 2 atom stereocenters. The van der Waals surface area contributed by atoms with E-state index < -0.39 is 26.6 Å². The summed E-state index contributed by atoms with van der Waals surface area (Å²) >= 11 is 0. The molecule has 0 spiro atoms. The fraction of sp³-hybridized carbons (Fsp3) is 0.714. The van der Waals surface area contributed by atoms with Gasteiger partial charge >= 0.3 is 0 Å². The summed E-state index contributed by atoms with van der Waals surface area (Å²) in [7, 11) is -3.58. The average Bonchev–Trinajstić information content (AvgIpc) is 2.79. The molecule has 0 heterocycles. The molecule has 14 heavy (non-hydrogen) atoms. The number of nitrogens with one attached hydrogen (secondary N) is 1. The molecule has 1 saturated carbocycles. The Morgan fingerprint density at radius 2 is 2.36 bits per heavy atom. The van der Waals surface area contributed by atoms with Gasteiger partial charge in [0.05, 0.1) is 6.07 Å². The number of hydrogen-bond donors (Lipinski definition) is 2. The Balaban J connectivity index is 2.90. The zero-order chi connectivity index (χ0) is 11.0. The highest BCUT2D eigenvalue weighted by molar-refractivity contribution is 7.90. The molecule has 1 rings (SSSR count). The molecule has 0 aliphatic heterocycles. The maximum absolute atomic E-state index is 11.4. The van der Waals surface area contributed by atoms with E-state index in [0.717, 1.165) is 0 Å². The highest BCUT2D eigenvalue weighted by atomic mass is 32.2. The lowest BCUT2D eigenvalue weighted by Gasteiger charge is -2.05. The molecule has 0 aromatic heterocycles. The first-order valence-electron chi connectivity index (χ1n) is 4.10. The maximum Gasteiger partial charge on any atom is 0.239 e. The maximum atomic E-state index is 11.4. The number of primary amides is 1. The van der Waals surface area contributed by atoms with Gasteiger partial charge in [0.15, 0.2) is 5.41 Å². The van der Waals surface area contributed by atoms with Gasteiger partial charge in [0.2, 0.25) is 15.9 Å². The van der Waals surface area contributed by atoms with E-state index in [1.807, 2.05) is 0 Å². The lowest BCUT2D eigenvalue weighted by molar-refractivity contribution is -0.121. The molecule has 1 amide bonds. The van der Waals surface area contributed by atoms with Crippen molar-refractivity contribution in [1.29, 1.82) is 5.26 Å². The van der Waals surface area contributed by atoms with E-state index in [1.165, 1.54) is 0 Å². The summed E-state index contributed by atoms with van der Waals surface area (Å²) in [6.07, 6.45) is -0.00579. The van der Waals surface area contributed by atoms with Crippen LogP contribution in [-0.2, 0) is 14.8 Å². The molecule has 0 saturated heterocycles. The molecule has 1 fully saturated rings. The number of carbonyl (C=O) groups excluding carboxylic acids is 1. The molecule has 0 bridgehead atoms. The topological polar surface area (TPSA) is 113 Å². The van der Waals surface area contributed by atoms with Gasteiger partial charge in [0.1, 0.15) is 5.25 Å². The van der Waals surface area contributed by atoms with E-state index in [2.05, 4.69) is 4.72 Å². The molecule has 78 valence electrons. The molecule has 3 N–H and O–H groups in total. The van der Waals surface area contributed by atoms with Crippen LogP contribution < -0.4 is 10.5 Å². The Morgan fingerprint density at radius 1 is 1.79 bits per heavy atom. The van der Waals surface area contributed by atoms with Crippen LogP contribution in [0.1, 0.15) is 13.3 Å². The van der Waals surface area contributed by atoms with Gasteiger partial charge in [-0.15, -0.1) is 0 Å². The molecule has 6 nitrogen and oxygen atoms in total. The standard InChI is InChI=1S/C7H11N3O3S/c1-2-10-14(12,13)5-3-7(5,4-8)6(9)11/h5,10H,2-3H2,1H3,(H2,9,11)/t5-,7+/m1/s1. The van der Waals surface area contributed by atoms with E-state index in [0.29, 0.717) is 0 Å². The summed E-state index contributed by atoms with van der Waals surface area (Å²) in [4.78, 5) is 10.9. The first-order valence-corrected chi connectivity index (χ1v) is 5.65. The minimum Gasteiger partial charge on any atom is -0.368 e. The number of nitriles is 1.